The molecule has 2 heterocycles. The molecule has 0 saturated carbocycles. The number of nitrogens with zero attached hydrogens (tertiary/aromatic N) is 3. The highest BCUT2D eigenvalue weighted by Gasteiger charge is 2.28. The van der Waals surface area contributed by atoms with Crippen LogP contribution in [-0.2, 0) is 10.5 Å². The molecule has 2 aromatic rings. The molecule has 1 aromatic carbocycles. The number of rotatable bonds is 6. The summed E-state index contributed by atoms with van der Waals surface area (Å²) in [6.07, 6.45) is 0.801. The van der Waals surface area contributed by atoms with Gasteiger partial charge in [-0.05, 0) is 25.5 Å². The van der Waals surface area contributed by atoms with Crippen molar-refractivity contribution in [3.63, 3.8) is 0 Å². The lowest BCUT2D eigenvalue weighted by atomic mass is 10.2. The van der Waals surface area contributed by atoms with Gasteiger partial charge in [-0.3, -0.25) is 4.79 Å². The number of aromatic nitrogens is 2. The van der Waals surface area contributed by atoms with E-state index in [1.54, 1.807) is 11.8 Å². The molecule has 25 heavy (non-hydrogen) atoms. The third kappa shape index (κ3) is 5.19. The number of benzene rings is 1. The second-order valence-corrected chi connectivity index (χ2v) is 7.27. The van der Waals surface area contributed by atoms with Gasteiger partial charge in [-0.1, -0.05) is 30.3 Å². The highest BCUT2D eigenvalue weighted by atomic mass is 32.2. The number of aryl methyl sites for hydroxylation is 2. The highest BCUT2D eigenvalue weighted by molar-refractivity contribution is 7.99. The molecule has 1 unspecified atom stereocenters. The van der Waals surface area contributed by atoms with Crippen LogP contribution < -0.4 is 4.74 Å². The summed E-state index contributed by atoms with van der Waals surface area (Å²) < 4.78 is 5.87. The molecule has 0 radical (unpaired) electrons. The Balaban J connectivity index is 1.44. The summed E-state index contributed by atoms with van der Waals surface area (Å²) in [7, 11) is 0. The van der Waals surface area contributed by atoms with Crippen LogP contribution in [0, 0.1) is 13.8 Å². The fourth-order valence-electron chi connectivity index (χ4n) is 2.87. The van der Waals surface area contributed by atoms with E-state index in [9.17, 15) is 4.79 Å². The van der Waals surface area contributed by atoms with Crippen LogP contribution in [0.15, 0.2) is 36.4 Å². The average Bonchev–Trinajstić information content (AvgIpc) is 3.03. The van der Waals surface area contributed by atoms with Crippen molar-refractivity contribution >= 4 is 17.7 Å². The molecule has 1 fully saturated rings. The Morgan fingerprint density at radius 2 is 1.96 bits per heavy atom. The third-order valence-electron chi connectivity index (χ3n) is 4.07. The van der Waals surface area contributed by atoms with Gasteiger partial charge in [0.2, 0.25) is 5.91 Å². The van der Waals surface area contributed by atoms with Crippen LogP contribution in [-0.4, -0.2) is 45.7 Å². The van der Waals surface area contributed by atoms with Crippen LogP contribution >= 0.6 is 11.8 Å². The van der Waals surface area contributed by atoms with Crippen LogP contribution in [0.2, 0.25) is 0 Å². The fourth-order valence-corrected chi connectivity index (χ4v) is 3.76. The number of carbonyl (C=O) groups excluding carboxylic acids is 1. The number of hydrogen-bond acceptors (Lipinski definition) is 5. The highest BCUT2D eigenvalue weighted by Crippen LogP contribution is 2.18. The van der Waals surface area contributed by atoms with Crippen LogP contribution in [0.4, 0.5) is 0 Å². The van der Waals surface area contributed by atoms with E-state index in [0.717, 1.165) is 30.1 Å². The normalized spacial score (nSPS) is 16.9. The van der Waals surface area contributed by atoms with Crippen molar-refractivity contribution in [1.29, 1.82) is 0 Å². The van der Waals surface area contributed by atoms with Gasteiger partial charge in [0.15, 0.2) is 0 Å². The lowest BCUT2D eigenvalue weighted by Crippen LogP contribution is -2.32. The molecule has 1 aliphatic rings. The molecule has 5 nitrogen and oxygen atoms in total. The first-order chi connectivity index (χ1) is 12.1. The summed E-state index contributed by atoms with van der Waals surface area (Å²) >= 11 is 1.65. The number of amides is 1. The number of thioether (sulfide) groups is 1. The van der Waals surface area contributed by atoms with E-state index < -0.39 is 0 Å². The number of carbonyl (C=O) groups is 1. The Morgan fingerprint density at radius 1 is 1.24 bits per heavy atom. The SMILES string of the molecule is Cc1cc(C)nc(OC2CCN(C(=O)CSCc3ccccc3)C2)n1. The van der Waals surface area contributed by atoms with Crippen LogP contribution in [0.3, 0.4) is 0 Å². The van der Waals surface area contributed by atoms with Crippen LogP contribution in [0.5, 0.6) is 6.01 Å². The number of hydrogen-bond donors (Lipinski definition) is 0. The minimum absolute atomic E-state index is 0.0238. The molecule has 0 spiro atoms. The zero-order valence-corrected chi connectivity index (χ0v) is 15.5. The maximum Gasteiger partial charge on any atom is 0.317 e. The Bertz CT molecular complexity index is 704. The van der Waals surface area contributed by atoms with E-state index in [1.165, 1.54) is 5.56 Å². The van der Waals surface area contributed by atoms with Gasteiger partial charge in [0.1, 0.15) is 6.10 Å². The first kappa shape index (κ1) is 17.7. The molecular weight excluding hydrogens is 334 g/mol. The first-order valence-corrected chi connectivity index (χ1v) is 9.64. The van der Waals surface area contributed by atoms with E-state index in [1.807, 2.05) is 43.0 Å². The molecule has 6 heteroatoms. The predicted octanol–water partition coefficient (Wildman–Crippen LogP) is 3.01. The molecule has 1 atom stereocenters. The van der Waals surface area contributed by atoms with Crippen molar-refractivity contribution < 1.29 is 9.53 Å². The lowest BCUT2D eigenvalue weighted by molar-refractivity contribution is -0.127. The maximum atomic E-state index is 12.4. The van der Waals surface area contributed by atoms with Crippen molar-refractivity contribution in [2.75, 3.05) is 18.8 Å². The summed E-state index contributed by atoms with van der Waals surface area (Å²) in [6.45, 7) is 5.20. The predicted molar refractivity (Wildman–Crippen MR) is 99.7 cm³/mol. The maximum absolute atomic E-state index is 12.4. The summed E-state index contributed by atoms with van der Waals surface area (Å²) in [5, 5.41) is 0. The van der Waals surface area contributed by atoms with E-state index in [4.69, 9.17) is 4.74 Å². The summed E-state index contributed by atoms with van der Waals surface area (Å²) in [6, 6.07) is 12.5. The van der Waals surface area contributed by atoms with Gasteiger partial charge in [-0.2, -0.15) is 0 Å². The second kappa shape index (κ2) is 8.34. The minimum Gasteiger partial charge on any atom is -0.458 e. The van der Waals surface area contributed by atoms with E-state index >= 15 is 0 Å². The molecule has 3 rings (SSSR count). The largest absolute Gasteiger partial charge is 0.458 e. The Hall–Kier alpha value is -2.08. The third-order valence-corrected chi connectivity index (χ3v) is 5.06. The second-order valence-electron chi connectivity index (χ2n) is 6.28. The molecule has 1 saturated heterocycles. The molecule has 132 valence electrons. The molecular formula is C19H23N3O2S. The van der Waals surface area contributed by atoms with Gasteiger partial charge in [0.05, 0.1) is 12.3 Å². The van der Waals surface area contributed by atoms with Crippen molar-refractivity contribution in [3.05, 3.63) is 53.3 Å². The fraction of sp³-hybridized carbons (Fsp3) is 0.421. The van der Waals surface area contributed by atoms with Crippen molar-refractivity contribution in [2.45, 2.75) is 32.1 Å². The van der Waals surface area contributed by atoms with Gasteiger partial charge < -0.3 is 9.64 Å². The monoisotopic (exact) mass is 357 g/mol. The van der Waals surface area contributed by atoms with Gasteiger partial charge in [0.25, 0.3) is 0 Å². The quantitative estimate of drug-likeness (QED) is 0.795. The Morgan fingerprint density at radius 3 is 2.68 bits per heavy atom. The van der Waals surface area contributed by atoms with Crippen molar-refractivity contribution in [3.8, 4) is 6.01 Å². The van der Waals surface area contributed by atoms with Crippen molar-refractivity contribution in [1.82, 2.24) is 14.9 Å². The summed E-state index contributed by atoms with van der Waals surface area (Å²) in [5.41, 5.74) is 3.03. The standard InChI is InChI=1S/C19H23N3O2S/c1-14-10-15(2)21-19(20-14)24-17-8-9-22(11-17)18(23)13-25-12-16-6-4-3-5-7-16/h3-7,10,17H,8-9,11-13H2,1-2H3. The Labute approximate surface area is 152 Å². The molecule has 1 amide bonds. The molecule has 0 bridgehead atoms. The first-order valence-electron chi connectivity index (χ1n) is 8.48. The van der Waals surface area contributed by atoms with Crippen molar-refractivity contribution in [2.24, 2.45) is 0 Å². The zero-order chi connectivity index (χ0) is 17.6. The molecule has 0 N–H and O–H groups in total. The smallest absolute Gasteiger partial charge is 0.317 e. The number of ether oxygens (including phenoxy) is 1. The summed E-state index contributed by atoms with van der Waals surface area (Å²) in [5.74, 6) is 1.53. The van der Waals surface area contributed by atoms with Gasteiger partial charge in [0, 0.05) is 30.1 Å². The minimum atomic E-state index is -0.0238. The average molecular weight is 357 g/mol. The van der Waals surface area contributed by atoms with E-state index in [-0.39, 0.29) is 12.0 Å². The number of likely N-dealkylation sites (tertiary alicyclic amines) is 1. The summed E-state index contributed by atoms with van der Waals surface area (Å²) in [4.78, 5) is 22.9. The van der Waals surface area contributed by atoms with Gasteiger partial charge in [-0.15, -0.1) is 11.8 Å². The van der Waals surface area contributed by atoms with Gasteiger partial charge in [-0.25, -0.2) is 9.97 Å². The van der Waals surface area contributed by atoms with E-state index in [2.05, 4.69) is 22.1 Å². The zero-order valence-electron chi connectivity index (χ0n) is 14.6. The molecule has 1 aliphatic heterocycles. The van der Waals surface area contributed by atoms with Crippen LogP contribution in [0.25, 0.3) is 0 Å². The van der Waals surface area contributed by atoms with Crippen LogP contribution in [0.1, 0.15) is 23.4 Å². The Kier molecular flexibility index (Phi) is 5.91. The van der Waals surface area contributed by atoms with Gasteiger partial charge >= 0.3 is 6.01 Å². The molecule has 0 aliphatic carbocycles. The molecule has 1 aromatic heterocycles. The topological polar surface area (TPSA) is 55.3 Å². The lowest BCUT2D eigenvalue weighted by Gasteiger charge is -2.16. The van der Waals surface area contributed by atoms with E-state index in [0.29, 0.717) is 18.3 Å².